The molecule has 2 fully saturated rings. The fourth-order valence-corrected chi connectivity index (χ4v) is 4.32. The predicted molar refractivity (Wildman–Crippen MR) is 106 cm³/mol. The summed E-state index contributed by atoms with van der Waals surface area (Å²) in [4.78, 5) is 14.9. The Hall–Kier alpha value is -2.22. The number of rotatable bonds is 7. The minimum Gasteiger partial charge on any atom is -0.348 e. The van der Waals surface area contributed by atoms with Gasteiger partial charge in [0.05, 0.1) is 18.9 Å². The zero-order valence-corrected chi connectivity index (χ0v) is 16.9. The molecule has 4 rings (SSSR count). The normalized spacial score (nSPS) is 21.0. The van der Waals surface area contributed by atoms with E-state index in [-0.39, 0.29) is 5.91 Å². The van der Waals surface area contributed by atoms with Crippen molar-refractivity contribution >= 4 is 5.91 Å². The second-order valence-electron chi connectivity index (χ2n) is 8.47. The summed E-state index contributed by atoms with van der Waals surface area (Å²) in [6, 6.07) is 1.09. The largest absolute Gasteiger partial charge is 0.348 e. The lowest BCUT2D eigenvalue weighted by Gasteiger charge is -2.23. The van der Waals surface area contributed by atoms with Gasteiger partial charge in [-0.1, -0.05) is 18.1 Å². The average molecular weight is 386 g/mol. The fraction of sp³-hybridized carbons (Fsp3) is 0.700. The Morgan fingerprint density at radius 3 is 2.79 bits per heavy atom. The van der Waals surface area contributed by atoms with Crippen molar-refractivity contribution in [3.05, 3.63) is 29.8 Å². The van der Waals surface area contributed by atoms with Crippen LogP contribution in [0.5, 0.6) is 0 Å². The number of carbonyl (C=O) groups excluding carboxylic acids is 1. The summed E-state index contributed by atoms with van der Waals surface area (Å²) < 4.78 is 3.83. The van der Waals surface area contributed by atoms with Crippen LogP contribution >= 0.6 is 0 Å². The maximum absolute atomic E-state index is 12.4. The Labute approximate surface area is 166 Å². The quantitative estimate of drug-likeness (QED) is 0.791. The topological polar surface area (TPSA) is 80.9 Å². The lowest BCUT2D eigenvalue weighted by molar-refractivity contribution is 0.0932. The standard InChI is InChI=1S/C20H31N7O/c1-15(2)27-12-16(10-21-27)11-25-9-5-8-18(25)13-26-14-19(23-24-26)20(28)22-17-6-3-4-7-17/h10,12,14-15,17-18H,3-9,11,13H2,1-2H3,(H,22,28)/t18-/m0/s1. The van der Waals surface area contributed by atoms with Gasteiger partial charge in [0, 0.05) is 36.4 Å². The number of hydrogen-bond acceptors (Lipinski definition) is 5. The highest BCUT2D eigenvalue weighted by atomic mass is 16.2. The van der Waals surface area contributed by atoms with Crippen molar-refractivity contribution in [3.8, 4) is 0 Å². The molecular weight excluding hydrogens is 354 g/mol. The van der Waals surface area contributed by atoms with E-state index in [2.05, 4.69) is 45.7 Å². The first kappa shape index (κ1) is 19.1. The SMILES string of the molecule is CC(C)n1cc(CN2CCC[C@H]2Cn2cc(C(=O)NC3CCCC3)nn2)cn1. The zero-order valence-electron chi connectivity index (χ0n) is 16.9. The lowest BCUT2D eigenvalue weighted by atomic mass is 10.2. The summed E-state index contributed by atoms with van der Waals surface area (Å²) >= 11 is 0. The minimum atomic E-state index is -0.0949. The van der Waals surface area contributed by atoms with Crippen LogP contribution in [0.2, 0.25) is 0 Å². The molecule has 1 aliphatic carbocycles. The molecule has 1 aliphatic heterocycles. The summed E-state index contributed by atoms with van der Waals surface area (Å²) in [6.07, 6.45) is 12.8. The molecule has 1 atom stereocenters. The van der Waals surface area contributed by atoms with Crippen LogP contribution in [0.3, 0.4) is 0 Å². The molecule has 0 unspecified atom stereocenters. The second-order valence-corrected chi connectivity index (χ2v) is 8.47. The van der Waals surface area contributed by atoms with E-state index in [0.717, 1.165) is 38.9 Å². The predicted octanol–water partition coefficient (Wildman–Crippen LogP) is 2.39. The number of nitrogens with one attached hydrogen (secondary N) is 1. The minimum absolute atomic E-state index is 0.0949. The van der Waals surface area contributed by atoms with E-state index in [1.165, 1.54) is 24.8 Å². The summed E-state index contributed by atoms with van der Waals surface area (Å²) in [7, 11) is 0. The molecule has 1 saturated heterocycles. The smallest absolute Gasteiger partial charge is 0.273 e. The van der Waals surface area contributed by atoms with Crippen molar-refractivity contribution in [2.75, 3.05) is 6.54 Å². The number of hydrogen-bond donors (Lipinski definition) is 1. The maximum Gasteiger partial charge on any atom is 0.273 e. The third-order valence-electron chi connectivity index (χ3n) is 5.93. The maximum atomic E-state index is 12.4. The number of carbonyl (C=O) groups is 1. The Morgan fingerprint density at radius 1 is 1.21 bits per heavy atom. The van der Waals surface area contributed by atoms with Gasteiger partial charge in [-0.15, -0.1) is 5.10 Å². The highest BCUT2D eigenvalue weighted by Crippen LogP contribution is 2.22. The lowest BCUT2D eigenvalue weighted by Crippen LogP contribution is -2.33. The Kier molecular flexibility index (Phi) is 5.75. The van der Waals surface area contributed by atoms with Gasteiger partial charge in [-0.3, -0.25) is 19.1 Å². The number of aromatic nitrogens is 5. The van der Waals surface area contributed by atoms with Crippen molar-refractivity contribution < 1.29 is 4.79 Å². The van der Waals surface area contributed by atoms with Crippen LogP contribution in [0, 0.1) is 0 Å². The highest BCUT2D eigenvalue weighted by Gasteiger charge is 2.26. The Balaban J connectivity index is 1.33. The van der Waals surface area contributed by atoms with Gasteiger partial charge in [0.25, 0.3) is 5.91 Å². The van der Waals surface area contributed by atoms with Gasteiger partial charge >= 0.3 is 0 Å². The van der Waals surface area contributed by atoms with E-state index < -0.39 is 0 Å². The van der Waals surface area contributed by atoms with Crippen LogP contribution < -0.4 is 5.32 Å². The van der Waals surface area contributed by atoms with Gasteiger partial charge in [0.2, 0.25) is 0 Å². The summed E-state index contributed by atoms with van der Waals surface area (Å²) in [5.41, 5.74) is 1.67. The van der Waals surface area contributed by atoms with Crippen LogP contribution in [0.4, 0.5) is 0 Å². The van der Waals surface area contributed by atoms with Crippen molar-refractivity contribution in [1.29, 1.82) is 0 Å². The molecule has 3 heterocycles. The summed E-state index contributed by atoms with van der Waals surface area (Å²) in [5, 5.41) is 15.8. The second kappa shape index (κ2) is 8.43. The van der Waals surface area contributed by atoms with E-state index in [9.17, 15) is 4.79 Å². The van der Waals surface area contributed by atoms with Crippen molar-refractivity contribution in [1.82, 2.24) is 35.0 Å². The van der Waals surface area contributed by atoms with Crippen molar-refractivity contribution in [2.45, 2.75) is 83.6 Å². The molecule has 0 aromatic carbocycles. The summed E-state index contributed by atoms with van der Waals surface area (Å²) in [6.45, 7) is 7.03. The first-order valence-corrected chi connectivity index (χ1v) is 10.6. The summed E-state index contributed by atoms with van der Waals surface area (Å²) in [5.74, 6) is -0.0949. The molecule has 2 aromatic rings. The van der Waals surface area contributed by atoms with Crippen molar-refractivity contribution in [3.63, 3.8) is 0 Å². The number of likely N-dealkylation sites (tertiary alicyclic amines) is 1. The van der Waals surface area contributed by atoms with E-state index in [0.29, 0.717) is 23.8 Å². The van der Waals surface area contributed by atoms with Gasteiger partial charge in [-0.2, -0.15) is 5.10 Å². The molecule has 2 aromatic heterocycles. The van der Waals surface area contributed by atoms with Gasteiger partial charge in [-0.25, -0.2) is 0 Å². The Morgan fingerprint density at radius 2 is 2.04 bits per heavy atom. The van der Waals surface area contributed by atoms with Crippen molar-refractivity contribution in [2.24, 2.45) is 0 Å². The molecule has 2 aliphatic rings. The fourth-order valence-electron chi connectivity index (χ4n) is 4.32. The molecule has 0 bridgehead atoms. The molecule has 1 N–H and O–H groups in total. The van der Waals surface area contributed by atoms with Gasteiger partial charge in [0.1, 0.15) is 0 Å². The zero-order chi connectivity index (χ0) is 19.5. The molecular formula is C20H31N7O. The molecule has 0 radical (unpaired) electrons. The van der Waals surface area contributed by atoms with E-state index >= 15 is 0 Å². The van der Waals surface area contributed by atoms with E-state index in [4.69, 9.17) is 0 Å². The first-order valence-electron chi connectivity index (χ1n) is 10.6. The third-order valence-corrected chi connectivity index (χ3v) is 5.93. The molecule has 8 nitrogen and oxygen atoms in total. The molecule has 1 saturated carbocycles. The van der Waals surface area contributed by atoms with Gasteiger partial charge < -0.3 is 5.32 Å². The molecule has 152 valence electrons. The molecule has 1 amide bonds. The Bertz CT molecular complexity index is 790. The van der Waals surface area contributed by atoms with Crippen LogP contribution in [-0.4, -0.2) is 54.2 Å². The van der Waals surface area contributed by atoms with Crippen LogP contribution in [0.25, 0.3) is 0 Å². The number of amides is 1. The van der Waals surface area contributed by atoms with E-state index in [1.807, 2.05) is 15.6 Å². The monoisotopic (exact) mass is 385 g/mol. The highest BCUT2D eigenvalue weighted by molar-refractivity contribution is 5.92. The van der Waals surface area contributed by atoms with Crippen LogP contribution in [0.1, 0.15) is 74.5 Å². The van der Waals surface area contributed by atoms with Gasteiger partial charge in [0.15, 0.2) is 5.69 Å². The van der Waals surface area contributed by atoms with Crippen LogP contribution in [-0.2, 0) is 13.1 Å². The molecule has 8 heteroatoms. The molecule has 0 spiro atoms. The molecule has 28 heavy (non-hydrogen) atoms. The van der Waals surface area contributed by atoms with Crippen LogP contribution in [0.15, 0.2) is 18.6 Å². The van der Waals surface area contributed by atoms with Gasteiger partial charge in [-0.05, 0) is 46.1 Å². The van der Waals surface area contributed by atoms with E-state index in [1.54, 1.807) is 6.20 Å². The average Bonchev–Trinajstić information content (AvgIpc) is 3.44. The first-order chi connectivity index (χ1) is 13.6. The number of nitrogens with zero attached hydrogens (tertiary/aromatic N) is 6. The third kappa shape index (κ3) is 4.43.